The number of amides is 1. The maximum Gasteiger partial charge on any atom is 0.326 e. The second-order valence-electron chi connectivity index (χ2n) is 5.65. The molecule has 0 saturated heterocycles. The lowest BCUT2D eigenvalue weighted by Gasteiger charge is -2.13. The Bertz CT molecular complexity index is 1100. The molecule has 3 aromatic rings. The van der Waals surface area contributed by atoms with Crippen LogP contribution in [0.2, 0.25) is 0 Å². The van der Waals surface area contributed by atoms with Gasteiger partial charge in [0.2, 0.25) is 0 Å². The summed E-state index contributed by atoms with van der Waals surface area (Å²) in [5, 5.41) is 9.48. The molecular formula is C18H13F3N2O3S. The van der Waals surface area contributed by atoms with Gasteiger partial charge in [-0.25, -0.2) is 18.0 Å². The summed E-state index contributed by atoms with van der Waals surface area (Å²) in [6, 6.07) is 5.65. The first-order valence-corrected chi connectivity index (χ1v) is 8.71. The summed E-state index contributed by atoms with van der Waals surface area (Å²) in [5.41, 5.74) is 0.203. The monoisotopic (exact) mass is 394 g/mol. The average Bonchev–Trinajstić information content (AvgIpc) is 2.98. The normalized spacial score (nSPS) is 13.1. The highest BCUT2D eigenvalue weighted by molar-refractivity contribution is 7.16. The minimum absolute atomic E-state index is 0.0791. The number of carbonyl (C=O) groups excluding carboxylic acids is 1. The standard InChI is InChI=1S/C18H13F3N2O3S/c1-2-12(17(25)26)23-13-8-7-11(20)14(21)15(13)27-18(23)22-16(24)9-3-5-10(19)6-4-9/h3-8,12H,2H2,1H3,(H,25,26)/b22-18-. The number of hydrogen-bond donors (Lipinski definition) is 1. The number of carboxylic acids is 1. The zero-order valence-electron chi connectivity index (χ0n) is 13.9. The third kappa shape index (κ3) is 3.50. The smallest absolute Gasteiger partial charge is 0.326 e. The van der Waals surface area contributed by atoms with Gasteiger partial charge in [0.1, 0.15) is 11.9 Å². The predicted molar refractivity (Wildman–Crippen MR) is 93.0 cm³/mol. The third-order valence-corrected chi connectivity index (χ3v) is 5.02. The fourth-order valence-electron chi connectivity index (χ4n) is 2.64. The lowest BCUT2D eigenvalue weighted by atomic mass is 10.2. The van der Waals surface area contributed by atoms with E-state index in [0.29, 0.717) is 11.3 Å². The van der Waals surface area contributed by atoms with E-state index in [2.05, 4.69) is 4.99 Å². The minimum Gasteiger partial charge on any atom is -0.480 e. The molecular weight excluding hydrogens is 381 g/mol. The number of halogens is 3. The van der Waals surface area contributed by atoms with E-state index < -0.39 is 35.4 Å². The molecule has 0 aliphatic carbocycles. The molecule has 0 aliphatic rings. The van der Waals surface area contributed by atoms with E-state index in [4.69, 9.17) is 0 Å². The van der Waals surface area contributed by atoms with Gasteiger partial charge in [-0.15, -0.1) is 0 Å². The summed E-state index contributed by atoms with van der Waals surface area (Å²) in [7, 11) is 0. The first-order valence-electron chi connectivity index (χ1n) is 7.90. The number of rotatable bonds is 4. The number of thiazole rings is 1. The first kappa shape index (κ1) is 18.8. The summed E-state index contributed by atoms with van der Waals surface area (Å²) in [4.78, 5) is 27.8. The lowest BCUT2D eigenvalue weighted by Crippen LogP contribution is -2.27. The molecule has 1 atom stereocenters. The van der Waals surface area contributed by atoms with Gasteiger partial charge >= 0.3 is 5.97 Å². The van der Waals surface area contributed by atoms with Crippen molar-refractivity contribution in [3.05, 3.63) is 64.2 Å². The summed E-state index contributed by atoms with van der Waals surface area (Å²) < 4.78 is 41.8. The first-order chi connectivity index (χ1) is 12.8. The summed E-state index contributed by atoms with van der Waals surface area (Å²) in [6.45, 7) is 1.61. The summed E-state index contributed by atoms with van der Waals surface area (Å²) in [5.74, 6) is -4.70. The topological polar surface area (TPSA) is 71.7 Å². The van der Waals surface area contributed by atoms with E-state index in [1.165, 1.54) is 22.8 Å². The molecule has 1 amide bonds. The van der Waals surface area contributed by atoms with Crippen molar-refractivity contribution in [1.29, 1.82) is 0 Å². The molecule has 0 aliphatic heterocycles. The molecule has 0 fully saturated rings. The van der Waals surface area contributed by atoms with E-state index in [-0.39, 0.29) is 27.0 Å². The number of hydrogen-bond acceptors (Lipinski definition) is 3. The van der Waals surface area contributed by atoms with E-state index in [9.17, 15) is 27.9 Å². The molecule has 2 aromatic carbocycles. The fraction of sp³-hybridized carbons (Fsp3) is 0.167. The number of nitrogens with zero attached hydrogens (tertiary/aromatic N) is 2. The minimum atomic E-state index is -1.20. The van der Waals surface area contributed by atoms with Crippen LogP contribution in [0.4, 0.5) is 13.2 Å². The van der Waals surface area contributed by atoms with Crippen LogP contribution >= 0.6 is 11.3 Å². The summed E-state index contributed by atoms with van der Waals surface area (Å²) >= 11 is 0.675. The highest BCUT2D eigenvalue weighted by Crippen LogP contribution is 2.26. The van der Waals surface area contributed by atoms with Crippen molar-refractivity contribution in [2.75, 3.05) is 0 Å². The van der Waals surface area contributed by atoms with Crippen molar-refractivity contribution in [3.8, 4) is 0 Å². The molecule has 0 spiro atoms. The molecule has 3 rings (SSSR count). The average molecular weight is 394 g/mol. The van der Waals surface area contributed by atoms with Crippen molar-refractivity contribution in [3.63, 3.8) is 0 Å². The van der Waals surface area contributed by atoms with Crippen LogP contribution in [-0.4, -0.2) is 21.6 Å². The number of benzene rings is 2. The van der Waals surface area contributed by atoms with Gasteiger partial charge in [0.15, 0.2) is 16.4 Å². The van der Waals surface area contributed by atoms with E-state index in [0.717, 1.165) is 18.2 Å². The van der Waals surface area contributed by atoms with Gasteiger partial charge in [0.05, 0.1) is 10.2 Å². The Morgan fingerprint density at radius 1 is 1.15 bits per heavy atom. The van der Waals surface area contributed by atoms with Crippen LogP contribution in [0.15, 0.2) is 41.4 Å². The number of carboxylic acid groups (broad SMARTS) is 1. The SMILES string of the molecule is CCC(C(=O)O)n1/c(=N/C(=O)c2ccc(F)cc2)sc2c(F)c(F)ccc21. The molecule has 1 unspecified atom stereocenters. The van der Waals surface area contributed by atoms with Crippen molar-refractivity contribution in [1.82, 2.24) is 4.57 Å². The van der Waals surface area contributed by atoms with Gasteiger partial charge in [-0.1, -0.05) is 18.3 Å². The largest absolute Gasteiger partial charge is 0.480 e. The lowest BCUT2D eigenvalue weighted by molar-refractivity contribution is -0.140. The molecule has 1 heterocycles. The molecule has 0 radical (unpaired) electrons. The van der Waals surface area contributed by atoms with E-state index in [1.807, 2.05) is 0 Å². The van der Waals surface area contributed by atoms with Gasteiger partial charge in [0.25, 0.3) is 5.91 Å². The van der Waals surface area contributed by atoms with Crippen molar-refractivity contribution in [2.45, 2.75) is 19.4 Å². The van der Waals surface area contributed by atoms with Crippen LogP contribution < -0.4 is 4.80 Å². The molecule has 140 valence electrons. The van der Waals surface area contributed by atoms with Gasteiger partial charge in [-0.3, -0.25) is 4.79 Å². The van der Waals surface area contributed by atoms with Gasteiger partial charge in [0, 0.05) is 5.56 Å². The highest BCUT2D eigenvalue weighted by Gasteiger charge is 2.24. The molecule has 1 aromatic heterocycles. The van der Waals surface area contributed by atoms with Gasteiger partial charge in [-0.05, 0) is 42.8 Å². The quantitative estimate of drug-likeness (QED) is 0.730. The Balaban J connectivity index is 2.27. The number of aliphatic carboxylic acids is 1. The molecule has 0 saturated carbocycles. The van der Waals surface area contributed by atoms with Crippen molar-refractivity contribution in [2.24, 2.45) is 4.99 Å². The van der Waals surface area contributed by atoms with E-state index >= 15 is 0 Å². The van der Waals surface area contributed by atoms with Crippen molar-refractivity contribution < 1.29 is 27.9 Å². The maximum absolute atomic E-state index is 14.2. The Labute approximate surface area is 155 Å². The van der Waals surface area contributed by atoms with E-state index in [1.54, 1.807) is 6.92 Å². The van der Waals surface area contributed by atoms with Gasteiger partial charge in [-0.2, -0.15) is 4.99 Å². The Morgan fingerprint density at radius 2 is 1.81 bits per heavy atom. The zero-order chi connectivity index (χ0) is 19.7. The molecule has 5 nitrogen and oxygen atoms in total. The maximum atomic E-state index is 14.2. The van der Waals surface area contributed by atoms with Crippen LogP contribution in [0, 0.1) is 17.5 Å². The molecule has 27 heavy (non-hydrogen) atoms. The van der Waals surface area contributed by atoms with Crippen LogP contribution in [0.25, 0.3) is 10.2 Å². The summed E-state index contributed by atoms with van der Waals surface area (Å²) in [6.07, 6.45) is 0.137. The zero-order valence-corrected chi connectivity index (χ0v) is 14.8. The second kappa shape index (κ2) is 7.36. The Hall–Kier alpha value is -2.94. The molecule has 1 N–H and O–H groups in total. The third-order valence-electron chi connectivity index (χ3n) is 3.96. The number of fused-ring (bicyclic) bond motifs is 1. The number of aromatic nitrogens is 1. The predicted octanol–water partition coefficient (Wildman–Crippen LogP) is 3.90. The fourth-order valence-corrected chi connectivity index (χ4v) is 3.73. The number of carbonyl (C=O) groups is 2. The Morgan fingerprint density at radius 3 is 2.41 bits per heavy atom. The van der Waals surface area contributed by atoms with Crippen LogP contribution in [0.1, 0.15) is 29.7 Å². The molecule has 0 bridgehead atoms. The van der Waals surface area contributed by atoms with Gasteiger partial charge < -0.3 is 9.67 Å². The molecule has 9 heteroatoms. The second-order valence-corrected chi connectivity index (χ2v) is 6.63. The van der Waals surface area contributed by atoms with Crippen LogP contribution in [0.5, 0.6) is 0 Å². The van der Waals surface area contributed by atoms with Crippen LogP contribution in [-0.2, 0) is 4.79 Å². The Kier molecular flexibility index (Phi) is 5.13. The van der Waals surface area contributed by atoms with Crippen LogP contribution in [0.3, 0.4) is 0 Å². The van der Waals surface area contributed by atoms with Crippen molar-refractivity contribution >= 4 is 33.4 Å². The highest BCUT2D eigenvalue weighted by atomic mass is 32.1.